The highest BCUT2D eigenvalue weighted by Crippen LogP contribution is 2.30. The minimum absolute atomic E-state index is 0.370. The van der Waals surface area contributed by atoms with Crippen molar-refractivity contribution in [2.45, 2.75) is 38.3 Å². The average molecular weight is 390 g/mol. The lowest BCUT2D eigenvalue weighted by atomic mass is 10.2. The first kappa shape index (κ1) is 20.6. The number of nitrogens with zero attached hydrogens (tertiary/aromatic N) is 3. The van der Waals surface area contributed by atoms with Crippen LogP contribution in [0.2, 0.25) is 0 Å². The molecule has 3 rings (SSSR count). The van der Waals surface area contributed by atoms with E-state index in [0.717, 1.165) is 68.3 Å². The maximum absolute atomic E-state index is 5.40. The van der Waals surface area contributed by atoms with E-state index in [1.54, 1.807) is 14.2 Å². The fourth-order valence-electron chi connectivity index (χ4n) is 3.83. The van der Waals surface area contributed by atoms with Gasteiger partial charge in [0.25, 0.3) is 0 Å². The Kier molecular flexibility index (Phi) is 7.25. The lowest BCUT2D eigenvalue weighted by Crippen LogP contribution is -2.46. The van der Waals surface area contributed by atoms with Gasteiger partial charge in [-0.3, -0.25) is 9.89 Å². The van der Waals surface area contributed by atoms with Crippen molar-refractivity contribution in [3.8, 4) is 11.5 Å². The van der Waals surface area contributed by atoms with E-state index in [0.29, 0.717) is 6.04 Å². The second-order valence-electron chi connectivity index (χ2n) is 7.51. The Hall–Kier alpha value is -2.15. The molecule has 2 aliphatic rings. The van der Waals surface area contributed by atoms with E-state index in [9.17, 15) is 0 Å². The van der Waals surface area contributed by atoms with E-state index in [2.05, 4.69) is 44.5 Å². The first-order valence-corrected chi connectivity index (χ1v) is 10.4. The molecule has 0 radical (unpaired) electrons. The Morgan fingerprint density at radius 3 is 2.46 bits per heavy atom. The van der Waals surface area contributed by atoms with E-state index >= 15 is 0 Å². The van der Waals surface area contributed by atoms with Gasteiger partial charge in [0.05, 0.1) is 14.2 Å². The minimum Gasteiger partial charge on any atom is -0.497 e. The van der Waals surface area contributed by atoms with Crippen molar-refractivity contribution in [3.63, 3.8) is 0 Å². The summed E-state index contributed by atoms with van der Waals surface area (Å²) in [5.74, 6) is 2.53. The van der Waals surface area contributed by atoms with Crippen LogP contribution in [0.1, 0.15) is 26.2 Å². The normalized spacial score (nSPS) is 19.8. The summed E-state index contributed by atoms with van der Waals surface area (Å²) in [6.07, 6.45) is 3.78. The smallest absolute Gasteiger partial charge is 0.191 e. The van der Waals surface area contributed by atoms with Gasteiger partial charge < -0.3 is 25.0 Å². The van der Waals surface area contributed by atoms with Crippen molar-refractivity contribution in [1.29, 1.82) is 0 Å². The maximum Gasteiger partial charge on any atom is 0.191 e. The summed E-state index contributed by atoms with van der Waals surface area (Å²) in [4.78, 5) is 9.32. The number of ether oxygens (including phenoxy) is 2. The number of likely N-dealkylation sites (N-methyl/N-ethyl adjacent to an activating group) is 1. The third-order valence-corrected chi connectivity index (χ3v) is 5.61. The zero-order valence-electron chi connectivity index (χ0n) is 17.7. The van der Waals surface area contributed by atoms with Crippen LogP contribution in [-0.2, 0) is 0 Å². The lowest BCUT2D eigenvalue weighted by molar-refractivity contribution is 0.282. The second-order valence-corrected chi connectivity index (χ2v) is 7.51. The Morgan fingerprint density at radius 2 is 1.89 bits per heavy atom. The molecule has 1 heterocycles. The van der Waals surface area contributed by atoms with Gasteiger partial charge >= 0.3 is 0 Å². The quantitative estimate of drug-likeness (QED) is 0.497. The van der Waals surface area contributed by atoms with Gasteiger partial charge in [0.2, 0.25) is 0 Å². The van der Waals surface area contributed by atoms with Gasteiger partial charge in [-0.2, -0.15) is 0 Å². The predicted molar refractivity (Wildman–Crippen MR) is 115 cm³/mol. The molecule has 1 aromatic carbocycles. The highest BCUT2D eigenvalue weighted by atomic mass is 16.5. The van der Waals surface area contributed by atoms with Crippen LogP contribution in [0, 0.1) is 0 Å². The fraction of sp³-hybridized carbons (Fsp3) is 0.667. The van der Waals surface area contributed by atoms with Crippen LogP contribution in [0.4, 0.5) is 5.69 Å². The maximum atomic E-state index is 5.40. The first-order valence-electron chi connectivity index (χ1n) is 10.4. The van der Waals surface area contributed by atoms with E-state index in [-0.39, 0.29) is 0 Å². The van der Waals surface area contributed by atoms with Crippen molar-refractivity contribution in [3.05, 3.63) is 18.2 Å². The zero-order valence-corrected chi connectivity index (χ0v) is 17.7. The van der Waals surface area contributed by atoms with Crippen molar-refractivity contribution in [1.82, 2.24) is 15.5 Å². The highest BCUT2D eigenvalue weighted by Gasteiger charge is 2.27. The summed E-state index contributed by atoms with van der Waals surface area (Å²) in [7, 11) is 5.21. The van der Waals surface area contributed by atoms with Crippen LogP contribution in [0.25, 0.3) is 0 Å². The molecule has 0 amide bonds. The van der Waals surface area contributed by atoms with Crippen LogP contribution >= 0.6 is 0 Å². The van der Waals surface area contributed by atoms with Crippen LogP contribution in [0.15, 0.2) is 23.2 Å². The number of anilines is 1. The van der Waals surface area contributed by atoms with Crippen molar-refractivity contribution in [2.24, 2.45) is 4.99 Å². The largest absolute Gasteiger partial charge is 0.497 e. The number of aliphatic imine (C=N–C) groups is 1. The van der Waals surface area contributed by atoms with Crippen molar-refractivity contribution >= 4 is 11.6 Å². The SMILES string of the molecule is CCN(CCNC(=NC)NC1CCN(c2cc(OC)cc(OC)c2)C1)C1CC1. The molecule has 1 saturated heterocycles. The predicted octanol–water partition coefficient (Wildman–Crippen LogP) is 1.93. The minimum atomic E-state index is 0.370. The summed E-state index contributed by atoms with van der Waals surface area (Å²) in [5, 5.41) is 7.05. The average Bonchev–Trinajstić information content (AvgIpc) is 3.47. The Bertz CT molecular complexity index is 640. The molecule has 1 unspecified atom stereocenters. The molecule has 1 aromatic rings. The third-order valence-electron chi connectivity index (χ3n) is 5.61. The molecule has 1 saturated carbocycles. The fourth-order valence-corrected chi connectivity index (χ4v) is 3.83. The van der Waals surface area contributed by atoms with Crippen LogP contribution in [0.3, 0.4) is 0 Å². The van der Waals surface area contributed by atoms with Crippen LogP contribution in [-0.4, -0.2) is 76.9 Å². The number of nitrogens with one attached hydrogen (secondary N) is 2. The summed E-state index contributed by atoms with van der Waals surface area (Å²) in [5.41, 5.74) is 1.13. The molecule has 1 aliphatic carbocycles. The molecule has 7 heteroatoms. The van der Waals surface area contributed by atoms with Gasteiger partial charge in [0, 0.05) is 69.2 Å². The Labute approximate surface area is 169 Å². The van der Waals surface area contributed by atoms with Crippen molar-refractivity contribution < 1.29 is 9.47 Å². The molecule has 1 aliphatic heterocycles. The zero-order chi connectivity index (χ0) is 19.9. The van der Waals surface area contributed by atoms with Gasteiger partial charge in [0.1, 0.15) is 11.5 Å². The molecule has 156 valence electrons. The number of methoxy groups -OCH3 is 2. The van der Waals surface area contributed by atoms with Gasteiger partial charge in [-0.05, 0) is 25.8 Å². The molecule has 2 N–H and O–H groups in total. The van der Waals surface area contributed by atoms with Gasteiger partial charge in [-0.25, -0.2) is 0 Å². The second kappa shape index (κ2) is 9.87. The Balaban J connectivity index is 1.49. The number of hydrogen-bond donors (Lipinski definition) is 2. The van der Waals surface area contributed by atoms with Gasteiger partial charge in [-0.15, -0.1) is 0 Å². The standard InChI is InChI=1S/C21H35N5O2/c1-5-25(17-6-7-17)11-9-23-21(22-2)24-16-8-10-26(15-16)18-12-19(27-3)14-20(13-18)28-4/h12-14,16-17H,5-11,15H2,1-4H3,(H2,22,23,24). The van der Waals surface area contributed by atoms with Crippen LogP contribution in [0.5, 0.6) is 11.5 Å². The molecule has 0 aromatic heterocycles. The summed E-state index contributed by atoms with van der Waals surface area (Å²) < 4.78 is 10.8. The highest BCUT2D eigenvalue weighted by molar-refractivity contribution is 5.80. The summed E-state index contributed by atoms with van der Waals surface area (Å²) in [6, 6.07) is 7.21. The van der Waals surface area contributed by atoms with E-state index in [1.807, 2.05) is 13.1 Å². The summed E-state index contributed by atoms with van der Waals surface area (Å²) in [6.45, 7) is 7.29. The van der Waals surface area contributed by atoms with Gasteiger partial charge in [0.15, 0.2) is 5.96 Å². The first-order chi connectivity index (χ1) is 13.7. The van der Waals surface area contributed by atoms with E-state index in [4.69, 9.17) is 9.47 Å². The number of guanidine groups is 1. The van der Waals surface area contributed by atoms with Crippen LogP contribution < -0.4 is 25.0 Å². The van der Waals surface area contributed by atoms with Crippen molar-refractivity contribution in [2.75, 3.05) is 58.9 Å². The molecule has 0 bridgehead atoms. The third kappa shape index (κ3) is 5.44. The van der Waals surface area contributed by atoms with E-state index < -0.39 is 0 Å². The molecule has 2 fully saturated rings. The molecule has 1 atom stereocenters. The molecular weight excluding hydrogens is 354 g/mol. The molecular formula is C21H35N5O2. The van der Waals surface area contributed by atoms with E-state index in [1.165, 1.54) is 12.8 Å². The molecule has 28 heavy (non-hydrogen) atoms. The number of benzene rings is 1. The topological polar surface area (TPSA) is 61.4 Å². The molecule has 7 nitrogen and oxygen atoms in total. The number of rotatable bonds is 9. The lowest BCUT2D eigenvalue weighted by Gasteiger charge is -2.23. The van der Waals surface area contributed by atoms with Gasteiger partial charge in [-0.1, -0.05) is 6.92 Å². The monoisotopic (exact) mass is 389 g/mol. The summed E-state index contributed by atoms with van der Waals surface area (Å²) >= 11 is 0. The molecule has 0 spiro atoms. The Morgan fingerprint density at radius 1 is 1.18 bits per heavy atom. The number of hydrogen-bond acceptors (Lipinski definition) is 5.